The molecule has 0 aliphatic carbocycles. The molecular formula is C16H23NO5. The van der Waals surface area contributed by atoms with Gasteiger partial charge < -0.3 is 14.8 Å². The fraction of sp³-hybridized carbons (Fsp3) is 0.500. The summed E-state index contributed by atoms with van der Waals surface area (Å²) in [6.45, 7) is 5.77. The van der Waals surface area contributed by atoms with E-state index in [-0.39, 0.29) is 6.61 Å². The van der Waals surface area contributed by atoms with E-state index in [9.17, 15) is 9.59 Å². The molecule has 1 aromatic rings. The Morgan fingerprint density at radius 2 is 1.91 bits per heavy atom. The molecule has 0 heterocycles. The molecule has 6 nitrogen and oxygen atoms in total. The highest BCUT2D eigenvalue weighted by molar-refractivity contribution is 5.73. The SMILES string of the molecule is CC(C)(C)OC(=O)N[C@H](C=O)CCOOCc1ccccc1. The van der Waals surface area contributed by atoms with Gasteiger partial charge in [0, 0.05) is 6.42 Å². The van der Waals surface area contributed by atoms with E-state index in [0.717, 1.165) is 5.56 Å². The van der Waals surface area contributed by atoms with Crippen molar-refractivity contribution >= 4 is 12.4 Å². The summed E-state index contributed by atoms with van der Waals surface area (Å²) >= 11 is 0. The number of carbonyl (C=O) groups excluding carboxylic acids is 2. The van der Waals surface area contributed by atoms with Crippen molar-refractivity contribution in [3.05, 3.63) is 35.9 Å². The van der Waals surface area contributed by atoms with Crippen LogP contribution in [0.15, 0.2) is 30.3 Å². The molecule has 22 heavy (non-hydrogen) atoms. The van der Waals surface area contributed by atoms with E-state index in [1.54, 1.807) is 20.8 Å². The average Bonchev–Trinajstić information content (AvgIpc) is 2.44. The normalized spacial score (nSPS) is 12.5. The van der Waals surface area contributed by atoms with Crippen LogP contribution in [0.2, 0.25) is 0 Å². The first kappa shape index (κ1) is 18.1. The Hall–Kier alpha value is -1.92. The second-order valence-electron chi connectivity index (χ2n) is 5.75. The summed E-state index contributed by atoms with van der Waals surface area (Å²) in [5, 5.41) is 2.47. The van der Waals surface area contributed by atoms with Crippen LogP contribution >= 0.6 is 0 Å². The fourth-order valence-corrected chi connectivity index (χ4v) is 1.55. The van der Waals surface area contributed by atoms with Crippen LogP contribution in [0, 0.1) is 0 Å². The summed E-state index contributed by atoms with van der Waals surface area (Å²) in [4.78, 5) is 32.5. The third kappa shape index (κ3) is 8.39. The molecule has 0 aliphatic heterocycles. The van der Waals surface area contributed by atoms with E-state index in [2.05, 4.69) is 5.32 Å². The van der Waals surface area contributed by atoms with Crippen LogP contribution in [0.25, 0.3) is 0 Å². The van der Waals surface area contributed by atoms with E-state index in [0.29, 0.717) is 19.3 Å². The summed E-state index contributed by atoms with van der Waals surface area (Å²) in [7, 11) is 0. The van der Waals surface area contributed by atoms with Gasteiger partial charge in [0.15, 0.2) is 0 Å². The molecule has 1 N–H and O–H groups in total. The molecule has 1 aromatic carbocycles. The monoisotopic (exact) mass is 309 g/mol. The Balaban J connectivity index is 2.18. The van der Waals surface area contributed by atoms with Crippen LogP contribution in [-0.2, 0) is 25.9 Å². The van der Waals surface area contributed by atoms with Gasteiger partial charge in [0.25, 0.3) is 0 Å². The summed E-state index contributed by atoms with van der Waals surface area (Å²) < 4.78 is 5.07. The second kappa shape index (κ2) is 9.17. The lowest BCUT2D eigenvalue weighted by Gasteiger charge is -2.21. The van der Waals surface area contributed by atoms with Crippen molar-refractivity contribution in [2.75, 3.05) is 6.61 Å². The first-order chi connectivity index (χ1) is 10.4. The van der Waals surface area contributed by atoms with Crippen LogP contribution in [-0.4, -0.2) is 30.6 Å². The first-order valence-corrected chi connectivity index (χ1v) is 7.14. The Labute approximate surface area is 130 Å². The summed E-state index contributed by atoms with van der Waals surface area (Å²) in [5.74, 6) is 0. The lowest BCUT2D eigenvalue weighted by atomic mass is 10.2. The zero-order chi connectivity index (χ0) is 16.4. The Bertz CT molecular complexity index is 455. The van der Waals surface area contributed by atoms with E-state index in [4.69, 9.17) is 14.5 Å². The minimum Gasteiger partial charge on any atom is -0.444 e. The fourth-order valence-electron chi connectivity index (χ4n) is 1.55. The third-order valence-electron chi connectivity index (χ3n) is 2.53. The number of hydrogen-bond acceptors (Lipinski definition) is 5. The summed E-state index contributed by atoms with van der Waals surface area (Å²) in [5.41, 5.74) is 0.383. The van der Waals surface area contributed by atoms with Gasteiger partial charge in [0.1, 0.15) is 18.5 Å². The first-order valence-electron chi connectivity index (χ1n) is 7.14. The Morgan fingerprint density at radius 3 is 2.50 bits per heavy atom. The standard InChI is InChI=1S/C16H23NO5/c1-16(2,3)22-15(19)17-14(11-18)9-10-20-21-12-13-7-5-4-6-8-13/h4-8,11,14H,9-10,12H2,1-3H3,(H,17,19)/t14-/m0/s1. The molecule has 6 heteroatoms. The van der Waals surface area contributed by atoms with Gasteiger partial charge in [-0.1, -0.05) is 30.3 Å². The molecule has 0 saturated heterocycles. The number of amides is 1. The Morgan fingerprint density at radius 1 is 1.23 bits per heavy atom. The van der Waals surface area contributed by atoms with Gasteiger partial charge in [-0.2, -0.15) is 0 Å². The van der Waals surface area contributed by atoms with Gasteiger partial charge >= 0.3 is 6.09 Å². The molecule has 0 aromatic heterocycles. The van der Waals surface area contributed by atoms with E-state index >= 15 is 0 Å². The zero-order valence-corrected chi connectivity index (χ0v) is 13.2. The van der Waals surface area contributed by atoms with E-state index in [1.165, 1.54) is 0 Å². The molecule has 0 spiro atoms. The van der Waals surface area contributed by atoms with Crippen LogP contribution in [0.1, 0.15) is 32.8 Å². The molecule has 0 bridgehead atoms. The number of alkyl carbamates (subject to hydrolysis) is 1. The lowest BCUT2D eigenvalue weighted by molar-refractivity contribution is -0.304. The van der Waals surface area contributed by atoms with Crippen molar-refractivity contribution in [3.8, 4) is 0 Å². The second-order valence-corrected chi connectivity index (χ2v) is 5.75. The molecule has 0 saturated carbocycles. The number of nitrogens with one attached hydrogen (secondary N) is 1. The zero-order valence-electron chi connectivity index (χ0n) is 13.2. The maximum atomic E-state index is 11.5. The average molecular weight is 309 g/mol. The Kier molecular flexibility index (Phi) is 7.56. The number of ether oxygens (including phenoxy) is 1. The minimum absolute atomic E-state index is 0.187. The van der Waals surface area contributed by atoms with Gasteiger partial charge in [-0.05, 0) is 26.3 Å². The molecule has 1 atom stereocenters. The molecule has 0 radical (unpaired) electrons. The van der Waals surface area contributed by atoms with Gasteiger partial charge in [-0.3, -0.25) is 0 Å². The molecule has 0 fully saturated rings. The number of aldehydes is 1. The van der Waals surface area contributed by atoms with E-state index < -0.39 is 17.7 Å². The van der Waals surface area contributed by atoms with Crippen molar-refractivity contribution in [2.45, 2.75) is 45.4 Å². The van der Waals surface area contributed by atoms with Gasteiger partial charge in [0.2, 0.25) is 0 Å². The smallest absolute Gasteiger partial charge is 0.408 e. The van der Waals surface area contributed by atoms with Gasteiger partial charge in [-0.25, -0.2) is 14.6 Å². The van der Waals surface area contributed by atoms with Crippen molar-refractivity contribution in [2.24, 2.45) is 0 Å². The number of hydrogen-bond donors (Lipinski definition) is 1. The van der Waals surface area contributed by atoms with E-state index in [1.807, 2.05) is 30.3 Å². The molecule has 122 valence electrons. The van der Waals surface area contributed by atoms with Crippen molar-refractivity contribution in [3.63, 3.8) is 0 Å². The molecule has 1 amide bonds. The van der Waals surface area contributed by atoms with Crippen LogP contribution in [0.3, 0.4) is 0 Å². The van der Waals surface area contributed by atoms with Gasteiger partial charge in [0.05, 0.1) is 12.6 Å². The summed E-state index contributed by atoms with van der Waals surface area (Å²) in [6, 6.07) is 8.90. The number of carbonyl (C=O) groups is 2. The highest BCUT2D eigenvalue weighted by Crippen LogP contribution is 2.07. The molecule has 0 unspecified atom stereocenters. The van der Waals surface area contributed by atoms with Crippen LogP contribution in [0.4, 0.5) is 4.79 Å². The maximum Gasteiger partial charge on any atom is 0.408 e. The van der Waals surface area contributed by atoms with Crippen molar-refractivity contribution < 1.29 is 24.1 Å². The lowest BCUT2D eigenvalue weighted by Crippen LogP contribution is -2.40. The topological polar surface area (TPSA) is 73.9 Å². The number of benzene rings is 1. The van der Waals surface area contributed by atoms with Gasteiger partial charge in [-0.15, -0.1) is 0 Å². The molecular weight excluding hydrogens is 286 g/mol. The van der Waals surface area contributed by atoms with Crippen LogP contribution < -0.4 is 5.32 Å². The van der Waals surface area contributed by atoms with Crippen LogP contribution in [0.5, 0.6) is 0 Å². The van der Waals surface area contributed by atoms with Crippen molar-refractivity contribution in [1.82, 2.24) is 5.32 Å². The number of rotatable bonds is 8. The maximum absolute atomic E-state index is 11.5. The predicted molar refractivity (Wildman–Crippen MR) is 81.0 cm³/mol. The summed E-state index contributed by atoms with van der Waals surface area (Å²) in [6.07, 6.45) is 0.317. The quantitative estimate of drug-likeness (QED) is 0.346. The highest BCUT2D eigenvalue weighted by Gasteiger charge is 2.19. The third-order valence-corrected chi connectivity index (χ3v) is 2.53. The van der Waals surface area contributed by atoms with Crippen molar-refractivity contribution in [1.29, 1.82) is 0 Å². The predicted octanol–water partition coefficient (Wildman–Crippen LogP) is 2.62. The molecule has 1 rings (SSSR count). The minimum atomic E-state index is -0.671. The highest BCUT2D eigenvalue weighted by atomic mass is 17.2. The molecule has 0 aliphatic rings. The largest absolute Gasteiger partial charge is 0.444 e.